The molecule has 2 N–H and O–H groups in total. The quantitative estimate of drug-likeness (QED) is 0.903. The van der Waals surface area contributed by atoms with Gasteiger partial charge in [-0.3, -0.25) is 0 Å². The van der Waals surface area contributed by atoms with Gasteiger partial charge in [0.25, 0.3) is 0 Å². The van der Waals surface area contributed by atoms with Crippen molar-refractivity contribution >= 4 is 5.90 Å². The van der Waals surface area contributed by atoms with Crippen LogP contribution in [0.3, 0.4) is 0 Å². The first-order valence-electron chi connectivity index (χ1n) is 5.59. The number of hydrogen-bond donors (Lipinski definition) is 1. The SMILES string of the molecule is NCCC1COC(c2cccc(C(F)(F)F)c2)=N1. The summed E-state index contributed by atoms with van der Waals surface area (Å²) < 4.78 is 43.0. The molecule has 1 atom stereocenters. The minimum absolute atomic E-state index is 0.0560. The van der Waals surface area contributed by atoms with E-state index in [0.717, 1.165) is 12.1 Å². The molecule has 1 aromatic carbocycles. The molecule has 1 aliphatic heterocycles. The second-order valence-electron chi connectivity index (χ2n) is 4.05. The summed E-state index contributed by atoms with van der Waals surface area (Å²) >= 11 is 0. The lowest BCUT2D eigenvalue weighted by Crippen LogP contribution is -2.12. The van der Waals surface area contributed by atoms with Crippen molar-refractivity contribution in [3.8, 4) is 0 Å². The fourth-order valence-electron chi connectivity index (χ4n) is 1.74. The molecule has 18 heavy (non-hydrogen) atoms. The van der Waals surface area contributed by atoms with Gasteiger partial charge in [-0.15, -0.1) is 0 Å². The molecule has 0 aromatic heterocycles. The number of halogens is 3. The van der Waals surface area contributed by atoms with Crippen molar-refractivity contribution in [3.05, 3.63) is 35.4 Å². The standard InChI is InChI=1S/C12H13F3N2O/c13-12(14,15)9-3-1-2-8(6-9)11-17-10(4-5-16)7-18-11/h1-3,6,10H,4-5,7,16H2. The molecule has 98 valence electrons. The van der Waals surface area contributed by atoms with Crippen molar-refractivity contribution in [1.82, 2.24) is 0 Å². The molecule has 0 aliphatic carbocycles. The van der Waals surface area contributed by atoms with Gasteiger partial charge >= 0.3 is 6.18 Å². The molecule has 0 fully saturated rings. The lowest BCUT2D eigenvalue weighted by molar-refractivity contribution is -0.137. The summed E-state index contributed by atoms with van der Waals surface area (Å²) in [5.74, 6) is 0.263. The van der Waals surface area contributed by atoms with Crippen LogP contribution in [0.2, 0.25) is 0 Å². The van der Waals surface area contributed by atoms with Crippen LogP contribution in [0.15, 0.2) is 29.3 Å². The van der Waals surface area contributed by atoms with Gasteiger partial charge in [-0.2, -0.15) is 13.2 Å². The zero-order valence-corrected chi connectivity index (χ0v) is 9.57. The molecule has 1 aliphatic rings. The van der Waals surface area contributed by atoms with Crippen LogP contribution in [0.1, 0.15) is 17.5 Å². The number of ether oxygens (including phenoxy) is 1. The number of hydrogen-bond acceptors (Lipinski definition) is 3. The fraction of sp³-hybridized carbons (Fsp3) is 0.417. The molecule has 0 spiro atoms. The van der Waals surface area contributed by atoms with Gasteiger partial charge in [0.1, 0.15) is 6.61 Å². The van der Waals surface area contributed by atoms with E-state index in [1.807, 2.05) is 0 Å². The third-order valence-corrected chi connectivity index (χ3v) is 2.65. The van der Waals surface area contributed by atoms with Crippen molar-refractivity contribution in [2.75, 3.05) is 13.2 Å². The maximum atomic E-state index is 12.6. The topological polar surface area (TPSA) is 47.6 Å². The molecule has 0 amide bonds. The third-order valence-electron chi connectivity index (χ3n) is 2.65. The average Bonchev–Trinajstić information content (AvgIpc) is 2.77. The molecule has 6 heteroatoms. The summed E-state index contributed by atoms with van der Waals surface area (Å²) in [4.78, 5) is 4.22. The van der Waals surface area contributed by atoms with Crippen LogP contribution >= 0.6 is 0 Å². The molecule has 0 saturated carbocycles. The summed E-state index contributed by atoms with van der Waals surface area (Å²) in [6.07, 6.45) is -3.69. The van der Waals surface area contributed by atoms with Gasteiger partial charge in [-0.1, -0.05) is 6.07 Å². The van der Waals surface area contributed by atoms with Crippen molar-refractivity contribution < 1.29 is 17.9 Å². The molecule has 1 unspecified atom stereocenters. The predicted molar refractivity (Wildman–Crippen MR) is 61.4 cm³/mol. The number of alkyl halides is 3. The van der Waals surface area contributed by atoms with Crippen molar-refractivity contribution in [2.24, 2.45) is 10.7 Å². The molecule has 3 nitrogen and oxygen atoms in total. The second-order valence-corrected chi connectivity index (χ2v) is 4.05. The van der Waals surface area contributed by atoms with Crippen molar-refractivity contribution in [3.63, 3.8) is 0 Å². The molecule has 0 saturated heterocycles. The Bertz CT molecular complexity index is 457. The van der Waals surface area contributed by atoms with E-state index >= 15 is 0 Å². The van der Waals surface area contributed by atoms with Gasteiger partial charge in [0.2, 0.25) is 5.90 Å². The highest BCUT2D eigenvalue weighted by Crippen LogP contribution is 2.30. The first-order chi connectivity index (χ1) is 8.50. The second kappa shape index (κ2) is 4.97. The largest absolute Gasteiger partial charge is 0.475 e. The van der Waals surface area contributed by atoms with Crippen LogP contribution in [0.25, 0.3) is 0 Å². The lowest BCUT2D eigenvalue weighted by Gasteiger charge is -2.08. The number of aliphatic imine (C=N–C) groups is 1. The third kappa shape index (κ3) is 2.81. The van der Waals surface area contributed by atoms with Crippen LogP contribution in [0, 0.1) is 0 Å². The Hall–Kier alpha value is -1.56. The molecule has 0 bridgehead atoms. The Morgan fingerprint density at radius 1 is 1.39 bits per heavy atom. The summed E-state index contributed by atoms with van der Waals surface area (Å²) in [5, 5.41) is 0. The average molecular weight is 258 g/mol. The van der Waals surface area contributed by atoms with E-state index in [1.165, 1.54) is 6.07 Å². The van der Waals surface area contributed by atoms with E-state index in [0.29, 0.717) is 25.1 Å². The number of nitrogens with two attached hydrogens (primary N) is 1. The van der Waals surface area contributed by atoms with Crippen LogP contribution in [-0.4, -0.2) is 25.1 Å². The summed E-state index contributed by atoms with van der Waals surface area (Å²) in [6, 6.07) is 4.92. The zero-order valence-electron chi connectivity index (χ0n) is 9.57. The molecule has 0 radical (unpaired) electrons. The van der Waals surface area contributed by atoms with Gasteiger partial charge in [0.15, 0.2) is 0 Å². The maximum Gasteiger partial charge on any atom is 0.416 e. The number of nitrogens with zero attached hydrogens (tertiary/aromatic N) is 1. The van der Waals surface area contributed by atoms with Crippen molar-refractivity contribution in [2.45, 2.75) is 18.6 Å². The summed E-state index contributed by atoms with van der Waals surface area (Å²) in [6.45, 7) is 0.857. The Labute approximate surface area is 102 Å². The highest BCUT2D eigenvalue weighted by atomic mass is 19.4. The smallest absolute Gasteiger partial charge is 0.416 e. The minimum Gasteiger partial charge on any atom is -0.475 e. The van der Waals surface area contributed by atoms with E-state index in [2.05, 4.69) is 4.99 Å². The number of rotatable bonds is 3. The molecule has 1 aromatic rings. The highest BCUT2D eigenvalue weighted by molar-refractivity contribution is 5.95. The van der Waals surface area contributed by atoms with Gasteiger partial charge in [-0.05, 0) is 31.2 Å². The van der Waals surface area contributed by atoms with Crippen LogP contribution in [0.4, 0.5) is 13.2 Å². The van der Waals surface area contributed by atoms with Crippen LogP contribution < -0.4 is 5.73 Å². The first kappa shape index (κ1) is 12.9. The van der Waals surface area contributed by atoms with E-state index in [4.69, 9.17) is 10.5 Å². The molecular formula is C12H13F3N2O. The van der Waals surface area contributed by atoms with E-state index in [1.54, 1.807) is 6.07 Å². The first-order valence-corrected chi connectivity index (χ1v) is 5.59. The fourth-order valence-corrected chi connectivity index (χ4v) is 1.74. The maximum absolute atomic E-state index is 12.6. The lowest BCUT2D eigenvalue weighted by atomic mass is 10.1. The van der Waals surface area contributed by atoms with Crippen molar-refractivity contribution in [1.29, 1.82) is 0 Å². The number of benzene rings is 1. The predicted octanol–water partition coefficient (Wildman–Crippen LogP) is 2.20. The van der Waals surface area contributed by atoms with Crippen LogP contribution in [0.5, 0.6) is 0 Å². The normalized spacial score (nSPS) is 19.6. The molecular weight excluding hydrogens is 245 g/mol. The Kier molecular flexibility index (Phi) is 3.56. The van der Waals surface area contributed by atoms with Gasteiger partial charge < -0.3 is 10.5 Å². The van der Waals surface area contributed by atoms with Gasteiger partial charge in [-0.25, -0.2) is 4.99 Å². The van der Waals surface area contributed by atoms with E-state index < -0.39 is 11.7 Å². The molecule has 2 rings (SSSR count). The molecule has 1 heterocycles. The summed E-state index contributed by atoms with van der Waals surface area (Å²) in [7, 11) is 0. The Morgan fingerprint density at radius 2 is 2.17 bits per heavy atom. The summed E-state index contributed by atoms with van der Waals surface area (Å²) in [5.41, 5.74) is 5.05. The van der Waals surface area contributed by atoms with Crippen LogP contribution in [-0.2, 0) is 10.9 Å². The monoisotopic (exact) mass is 258 g/mol. The highest BCUT2D eigenvalue weighted by Gasteiger charge is 2.31. The van der Waals surface area contributed by atoms with E-state index in [-0.39, 0.29) is 11.9 Å². The van der Waals surface area contributed by atoms with Gasteiger partial charge in [0.05, 0.1) is 11.6 Å². The minimum atomic E-state index is -4.36. The van der Waals surface area contributed by atoms with Gasteiger partial charge in [0, 0.05) is 5.56 Å². The Balaban J connectivity index is 2.22. The Morgan fingerprint density at radius 3 is 2.83 bits per heavy atom. The zero-order chi connectivity index (χ0) is 13.2. The van der Waals surface area contributed by atoms with E-state index in [9.17, 15) is 13.2 Å².